The van der Waals surface area contributed by atoms with Crippen molar-refractivity contribution in [2.75, 3.05) is 31.5 Å². The van der Waals surface area contributed by atoms with Crippen LogP contribution in [0.4, 0.5) is 5.69 Å². The Hall–Kier alpha value is -2.04. The molecule has 2 N–H and O–H groups in total. The van der Waals surface area contributed by atoms with E-state index in [1.165, 1.54) is 5.56 Å². The van der Waals surface area contributed by atoms with E-state index in [2.05, 4.69) is 10.6 Å². The van der Waals surface area contributed by atoms with Gasteiger partial charge < -0.3 is 15.5 Å². The third kappa shape index (κ3) is 1.92. The minimum atomic E-state index is -0.0890. The summed E-state index contributed by atoms with van der Waals surface area (Å²) in [6, 6.07) is 5.73. The fourth-order valence-electron chi connectivity index (χ4n) is 2.42. The number of rotatable bonds is 1. The largest absolute Gasteiger partial charge is 0.384 e. The van der Waals surface area contributed by atoms with Gasteiger partial charge in [0.05, 0.1) is 6.54 Å². The zero-order valence-corrected chi connectivity index (χ0v) is 10.0. The fourth-order valence-corrected chi connectivity index (χ4v) is 2.42. The van der Waals surface area contributed by atoms with E-state index in [9.17, 15) is 9.59 Å². The maximum Gasteiger partial charge on any atom is 0.254 e. The summed E-state index contributed by atoms with van der Waals surface area (Å²) in [7, 11) is 0. The number of hydrogen-bond donors (Lipinski definition) is 2. The molecule has 0 atom stereocenters. The molecule has 94 valence electrons. The van der Waals surface area contributed by atoms with Crippen LogP contribution in [-0.4, -0.2) is 42.9 Å². The third-order valence-electron chi connectivity index (χ3n) is 3.39. The molecule has 0 spiro atoms. The fraction of sp³-hybridized carbons (Fsp3) is 0.385. The Labute approximate surface area is 105 Å². The Morgan fingerprint density at radius 3 is 2.94 bits per heavy atom. The molecule has 1 aromatic carbocycles. The van der Waals surface area contributed by atoms with Crippen LogP contribution in [0.1, 0.15) is 15.9 Å². The maximum absolute atomic E-state index is 12.3. The smallest absolute Gasteiger partial charge is 0.254 e. The standard InChI is InChI=1S/C13H15N3O2/c17-12-8-16(6-5-15-12)13(18)10-2-1-9-3-4-14-11(9)7-10/h1-2,7,14H,3-6,8H2,(H,15,17). The predicted octanol–water partition coefficient (Wildman–Crippen LogP) is 0.227. The lowest BCUT2D eigenvalue weighted by molar-refractivity contribution is -0.123. The summed E-state index contributed by atoms with van der Waals surface area (Å²) in [5, 5.41) is 5.97. The summed E-state index contributed by atoms with van der Waals surface area (Å²) in [5.74, 6) is -0.157. The first kappa shape index (κ1) is 11.1. The van der Waals surface area contributed by atoms with Gasteiger partial charge in [0.25, 0.3) is 5.91 Å². The lowest BCUT2D eigenvalue weighted by Crippen LogP contribution is -2.49. The number of carbonyl (C=O) groups excluding carboxylic acids is 2. The topological polar surface area (TPSA) is 61.4 Å². The first-order valence-electron chi connectivity index (χ1n) is 6.17. The average Bonchev–Trinajstić information content (AvgIpc) is 2.85. The molecule has 2 amide bonds. The molecule has 0 unspecified atom stereocenters. The molecule has 3 rings (SSSR count). The van der Waals surface area contributed by atoms with Crippen molar-refractivity contribution in [1.82, 2.24) is 10.2 Å². The van der Waals surface area contributed by atoms with Crippen LogP contribution >= 0.6 is 0 Å². The van der Waals surface area contributed by atoms with E-state index >= 15 is 0 Å². The number of amides is 2. The highest BCUT2D eigenvalue weighted by Crippen LogP contribution is 2.23. The van der Waals surface area contributed by atoms with Gasteiger partial charge in [-0.2, -0.15) is 0 Å². The predicted molar refractivity (Wildman–Crippen MR) is 67.5 cm³/mol. The van der Waals surface area contributed by atoms with Gasteiger partial charge in [-0.15, -0.1) is 0 Å². The highest BCUT2D eigenvalue weighted by atomic mass is 16.2. The summed E-state index contributed by atoms with van der Waals surface area (Å²) in [5.41, 5.74) is 2.95. The number of nitrogens with one attached hydrogen (secondary N) is 2. The molecule has 1 fully saturated rings. The lowest BCUT2D eigenvalue weighted by atomic mass is 10.1. The van der Waals surface area contributed by atoms with Gasteiger partial charge in [0.15, 0.2) is 0 Å². The van der Waals surface area contributed by atoms with Gasteiger partial charge in [-0.1, -0.05) is 6.07 Å². The van der Waals surface area contributed by atoms with Crippen molar-refractivity contribution in [2.24, 2.45) is 0 Å². The number of fused-ring (bicyclic) bond motifs is 1. The van der Waals surface area contributed by atoms with E-state index < -0.39 is 0 Å². The van der Waals surface area contributed by atoms with Crippen molar-refractivity contribution in [3.63, 3.8) is 0 Å². The van der Waals surface area contributed by atoms with E-state index in [1.54, 1.807) is 4.90 Å². The highest BCUT2D eigenvalue weighted by molar-refractivity contribution is 5.98. The normalized spacial score (nSPS) is 18.0. The van der Waals surface area contributed by atoms with Crippen LogP contribution in [0.5, 0.6) is 0 Å². The molecule has 18 heavy (non-hydrogen) atoms. The SMILES string of the molecule is O=C1CN(C(=O)c2ccc3c(c2)NCC3)CCN1. The number of nitrogens with zero attached hydrogens (tertiary/aromatic N) is 1. The van der Waals surface area contributed by atoms with E-state index in [0.717, 1.165) is 18.7 Å². The zero-order valence-electron chi connectivity index (χ0n) is 10.0. The molecule has 2 aliphatic heterocycles. The minimum absolute atomic E-state index is 0.0682. The molecule has 5 nitrogen and oxygen atoms in total. The van der Waals surface area contributed by atoms with Crippen LogP contribution in [0.3, 0.4) is 0 Å². The molecular formula is C13H15N3O2. The van der Waals surface area contributed by atoms with Crippen LogP contribution in [0, 0.1) is 0 Å². The molecule has 1 saturated heterocycles. The van der Waals surface area contributed by atoms with Crippen molar-refractivity contribution in [3.8, 4) is 0 Å². The van der Waals surface area contributed by atoms with Gasteiger partial charge in [-0.3, -0.25) is 9.59 Å². The number of benzene rings is 1. The zero-order chi connectivity index (χ0) is 12.5. The van der Waals surface area contributed by atoms with Gasteiger partial charge >= 0.3 is 0 Å². The molecular weight excluding hydrogens is 230 g/mol. The Bertz CT molecular complexity index is 513. The van der Waals surface area contributed by atoms with Crippen LogP contribution in [0.2, 0.25) is 0 Å². The maximum atomic E-state index is 12.3. The monoisotopic (exact) mass is 245 g/mol. The van der Waals surface area contributed by atoms with Crippen molar-refractivity contribution in [3.05, 3.63) is 29.3 Å². The number of anilines is 1. The lowest BCUT2D eigenvalue weighted by Gasteiger charge is -2.26. The van der Waals surface area contributed by atoms with E-state index in [4.69, 9.17) is 0 Å². The van der Waals surface area contributed by atoms with Gasteiger partial charge in [0, 0.05) is 30.9 Å². The van der Waals surface area contributed by atoms with Gasteiger partial charge in [0.1, 0.15) is 0 Å². The summed E-state index contributed by atoms with van der Waals surface area (Å²) in [6.07, 6.45) is 1.01. The van der Waals surface area contributed by atoms with Gasteiger partial charge in [-0.25, -0.2) is 0 Å². The second-order valence-corrected chi connectivity index (χ2v) is 4.63. The molecule has 0 radical (unpaired) electrons. The second-order valence-electron chi connectivity index (χ2n) is 4.63. The van der Waals surface area contributed by atoms with E-state index in [-0.39, 0.29) is 18.4 Å². The molecule has 0 aliphatic carbocycles. The number of hydrogen-bond acceptors (Lipinski definition) is 3. The van der Waals surface area contributed by atoms with Gasteiger partial charge in [-0.05, 0) is 24.1 Å². The average molecular weight is 245 g/mol. The van der Waals surface area contributed by atoms with Crippen LogP contribution in [0.25, 0.3) is 0 Å². The first-order chi connectivity index (χ1) is 8.74. The molecule has 0 saturated carbocycles. The summed E-state index contributed by atoms with van der Waals surface area (Å²) in [4.78, 5) is 25.1. The van der Waals surface area contributed by atoms with Gasteiger partial charge in [0.2, 0.25) is 5.91 Å². The molecule has 5 heteroatoms. The molecule has 0 aromatic heterocycles. The van der Waals surface area contributed by atoms with Crippen LogP contribution in [-0.2, 0) is 11.2 Å². The van der Waals surface area contributed by atoms with Crippen molar-refractivity contribution >= 4 is 17.5 Å². The van der Waals surface area contributed by atoms with Crippen molar-refractivity contribution in [2.45, 2.75) is 6.42 Å². The molecule has 2 heterocycles. The van der Waals surface area contributed by atoms with Crippen LogP contribution < -0.4 is 10.6 Å². The van der Waals surface area contributed by atoms with E-state index in [1.807, 2.05) is 18.2 Å². The molecule has 2 aliphatic rings. The quantitative estimate of drug-likeness (QED) is 0.744. The minimum Gasteiger partial charge on any atom is -0.384 e. The summed E-state index contributed by atoms with van der Waals surface area (Å²) in [6.45, 7) is 2.20. The van der Waals surface area contributed by atoms with E-state index in [0.29, 0.717) is 18.7 Å². The number of carbonyl (C=O) groups is 2. The Kier molecular flexibility index (Phi) is 2.66. The second kappa shape index (κ2) is 4.33. The Morgan fingerprint density at radius 1 is 1.22 bits per heavy atom. The van der Waals surface area contributed by atoms with Crippen molar-refractivity contribution < 1.29 is 9.59 Å². The Morgan fingerprint density at radius 2 is 2.11 bits per heavy atom. The summed E-state index contributed by atoms with van der Waals surface area (Å²) < 4.78 is 0. The number of piperazine rings is 1. The first-order valence-corrected chi connectivity index (χ1v) is 6.17. The summed E-state index contributed by atoms with van der Waals surface area (Å²) >= 11 is 0. The molecule has 0 bridgehead atoms. The molecule has 1 aromatic rings. The third-order valence-corrected chi connectivity index (χ3v) is 3.39. The van der Waals surface area contributed by atoms with Crippen molar-refractivity contribution in [1.29, 1.82) is 0 Å². The Balaban J connectivity index is 1.81. The van der Waals surface area contributed by atoms with Crippen LogP contribution in [0.15, 0.2) is 18.2 Å². The highest BCUT2D eigenvalue weighted by Gasteiger charge is 2.23.